The van der Waals surface area contributed by atoms with E-state index < -0.39 is 0 Å². The normalized spacial score (nSPS) is 10.4. The molecule has 16 heavy (non-hydrogen) atoms. The molecule has 2 rings (SSSR count). The second-order valence-electron chi connectivity index (χ2n) is 3.76. The number of aromatic nitrogens is 2. The minimum absolute atomic E-state index is 0.224. The van der Waals surface area contributed by atoms with Crippen LogP contribution in [0.2, 0.25) is 0 Å². The van der Waals surface area contributed by atoms with Gasteiger partial charge in [0.05, 0.1) is 12.2 Å². The quantitative estimate of drug-likeness (QED) is 0.859. The summed E-state index contributed by atoms with van der Waals surface area (Å²) < 4.78 is 14.8. The van der Waals surface area contributed by atoms with Gasteiger partial charge in [-0.15, -0.1) is 0 Å². The number of halogens is 1. The van der Waals surface area contributed by atoms with Crippen molar-refractivity contribution in [2.75, 3.05) is 5.32 Å². The summed E-state index contributed by atoms with van der Waals surface area (Å²) in [6.07, 6.45) is 1.75. The van der Waals surface area contributed by atoms with E-state index >= 15 is 0 Å². The molecule has 0 fully saturated rings. The first-order valence-electron chi connectivity index (χ1n) is 5.14. The van der Waals surface area contributed by atoms with Crippen LogP contribution < -0.4 is 5.32 Å². The number of nitrogens with one attached hydrogen (secondary N) is 1. The van der Waals surface area contributed by atoms with Gasteiger partial charge in [-0.1, -0.05) is 6.07 Å². The van der Waals surface area contributed by atoms with Crippen LogP contribution in [0.25, 0.3) is 0 Å². The number of benzene rings is 1. The second-order valence-corrected chi connectivity index (χ2v) is 3.76. The summed E-state index contributed by atoms with van der Waals surface area (Å²) in [6, 6.07) is 6.67. The molecule has 0 bridgehead atoms. The Kier molecular flexibility index (Phi) is 2.90. The number of nitrogens with zero attached hydrogens (tertiary/aromatic N) is 2. The number of rotatable bonds is 3. The Hall–Kier alpha value is -1.84. The average molecular weight is 219 g/mol. The van der Waals surface area contributed by atoms with E-state index in [4.69, 9.17) is 0 Å². The molecule has 1 N–H and O–H groups in total. The van der Waals surface area contributed by atoms with Gasteiger partial charge in [-0.25, -0.2) is 4.39 Å². The van der Waals surface area contributed by atoms with Crippen molar-refractivity contribution in [3.8, 4) is 0 Å². The van der Waals surface area contributed by atoms with Crippen molar-refractivity contribution in [3.05, 3.63) is 47.5 Å². The summed E-state index contributed by atoms with van der Waals surface area (Å²) in [5.74, 6) is -0.224. The lowest BCUT2D eigenvalue weighted by atomic mass is 10.2. The van der Waals surface area contributed by atoms with Crippen LogP contribution in [0.5, 0.6) is 0 Å². The van der Waals surface area contributed by atoms with Crippen LogP contribution in [0, 0.1) is 12.7 Å². The highest BCUT2D eigenvalue weighted by molar-refractivity contribution is 5.50. The average Bonchev–Trinajstić information content (AvgIpc) is 2.66. The molecule has 1 aromatic heterocycles. The third-order valence-corrected chi connectivity index (χ3v) is 2.58. The lowest BCUT2D eigenvalue weighted by molar-refractivity contribution is 0.627. The van der Waals surface area contributed by atoms with Gasteiger partial charge in [0.15, 0.2) is 0 Å². The zero-order chi connectivity index (χ0) is 11.5. The smallest absolute Gasteiger partial charge is 0.125 e. The van der Waals surface area contributed by atoms with Crippen molar-refractivity contribution in [2.45, 2.75) is 13.5 Å². The third kappa shape index (κ3) is 2.21. The van der Waals surface area contributed by atoms with Crippen molar-refractivity contribution in [3.63, 3.8) is 0 Å². The van der Waals surface area contributed by atoms with Crippen LogP contribution in [0.1, 0.15) is 11.3 Å². The monoisotopic (exact) mass is 219 g/mol. The molecule has 4 heteroatoms. The maximum atomic E-state index is 13.0. The first-order valence-corrected chi connectivity index (χ1v) is 5.14. The first kappa shape index (κ1) is 10.7. The molecule has 3 nitrogen and oxygen atoms in total. The Labute approximate surface area is 93.9 Å². The van der Waals surface area contributed by atoms with E-state index in [9.17, 15) is 4.39 Å². The number of anilines is 1. The number of hydrogen-bond acceptors (Lipinski definition) is 2. The fourth-order valence-corrected chi connectivity index (χ4v) is 1.55. The fourth-order valence-electron chi connectivity index (χ4n) is 1.55. The molecule has 0 aliphatic carbocycles. The zero-order valence-electron chi connectivity index (χ0n) is 9.37. The van der Waals surface area contributed by atoms with Gasteiger partial charge in [-0.3, -0.25) is 4.68 Å². The molecule has 0 aliphatic rings. The molecular weight excluding hydrogens is 205 g/mol. The standard InChI is InChI=1S/C12H14FN3/c1-9-3-4-10(13)7-12(9)14-8-11-5-6-15-16(11)2/h3-7,14H,8H2,1-2H3. The second kappa shape index (κ2) is 4.35. The summed E-state index contributed by atoms with van der Waals surface area (Å²) in [6.45, 7) is 2.59. The maximum absolute atomic E-state index is 13.0. The van der Waals surface area contributed by atoms with Gasteiger partial charge in [-0.05, 0) is 30.7 Å². The Morgan fingerprint density at radius 2 is 2.19 bits per heavy atom. The van der Waals surface area contributed by atoms with E-state index in [-0.39, 0.29) is 5.82 Å². The molecule has 0 spiro atoms. The molecule has 1 heterocycles. The molecule has 0 aliphatic heterocycles. The summed E-state index contributed by atoms with van der Waals surface area (Å²) in [5, 5.41) is 7.27. The summed E-state index contributed by atoms with van der Waals surface area (Å²) in [5.41, 5.74) is 2.91. The van der Waals surface area contributed by atoms with Crippen LogP contribution in [0.15, 0.2) is 30.5 Å². The molecule has 2 aromatic rings. The van der Waals surface area contributed by atoms with Gasteiger partial charge in [0, 0.05) is 18.9 Å². The molecule has 0 unspecified atom stereocenters. The van der Waals surface area contributed by atoms with E-state index in [1.54, 1.807) is 16.9 Å². The van der Waals surface area contributed by atoms with Gasteiger partial charge in [0.2, 0.25) is 0 Å². The Bertz CT molecular complexity index is 491. The largest absolute Gasteiger partial charge is 0.379 e. The summed E-state index contributed by atoms with van der Waals surface area (Å²) in [7, 11) is 1.88. The summed E-state index contributed by atoms with van der Waals surface area (Å²) in [4.78, 5) is 0. The molecule has 1 aromatic carbocycles. The van der Waals surface area contributed by atoms with Crippen LogP contribution in [0.3, 0.4) is 0 Å². The minimum atomic E-state index is -0.224. The lowest BCUT2D eigenvalue weighted by Crippen LogP contribution is -2.06. The molecule has 0 amide bonds. The first-order chi connectivity index (χ1) is 7.66. The van der Waals surface area contributed by atoms with Crippen LogP contribution in [0.4, 0.5) is 10.1 Å². The molecule has 0 saturated heterocycles. The molecule has 0 atom stereocenters. The topological polar surface area (TPSA) is 29.9 Å². The number of hydrogen-bond donors (Lipinski definition) is 1. The van der Waals surface area contributed by atoms with Gasteiger partial charge in [0.25, 0.3) is 0 Å². The van der Waals surface area contributed by atoms with E-state index in [0.29, 0.717) is 6.54 Å². The van der Waals surface area contributed by atoms with E-state index in [1.165, 1.54) is 12.1 Å². The Morgan fingerprint density at radius 1 is 1.38 bits per heavy atom. The van der Waals surface area contributed by atoms with Crippen molar-refractivity contribution in [1.29, 1.82) is 0 Å². The van der Waals surface area contributed by atoms with E-state index in [1.807, 2.05) is 20.0 Å². The van der Waals surface area contributed by atoms with Gasteiger partial charge in [-0.2, -0.15) is 5.10 Å². The number of aryl methyl sites for hydroxylation is 2. The Balaban J connectivity index is 2.10. The Morgan fingerprint density at radius 3 is 2.88 bits per heavy atom. The molecular formula is C12H14FN3. The minimum Gasteiger partial charge on any atom is -0.379 e. The highest BCUT2D eigenvalue weighted by Crippen LogP contribution is 2.16. The predicted octanol–water partition coefficient (Wildman–Crippen LogP) is 2.48. The van der Waals surface area contributed by atoms with E-state index in [2.05, 4.69) is 10.4 Å². The van der Waals surface area contributed by atoms with Crippen LogP contribution in [-0.4, -0.2) is 9.78 Å². The van der Waals surface area contributed by atoms with Crippen molar-refractivity contribution < 1.29 is 4.39 Å². The fraction of sp³-hybridized carbons (Fsp3) is 0.250. The summed E-state index contributed by atoms with van der Waals surface area (Å²) >= 11 is 0. The van der Waals surface area contributed by atoms with Crippen molar-refractivity contribution >= 4 is 5.69 Å². The lowest BCUT2D eigenvalue weighted by Gasteiger charge is -2.09. The maximum Gasteiger partial charge on any atom is 0.125 e. The predicted molar refractivity (Wildman–Crippen MR) is 61.7 cm³/mol. The van der Waals surface area contributed by atoms with Crippen LogP contribution in [-0.2, 0) is 13.6 Å². The van der Waals surface area contributed by atoms with Crippen molar-refractivity contribution in [1.82, 2.24) is 9.78 Å². The van der Waals surface area contributed by atoms with Crippen LogP contribution >= 0.6 is 0 Å². The van der Waals surface area contributed by atoms with Gasteiger partial charge >= 0.3 is 0 Å². The zero-order valence-corrected chi connectivity index (χ0v) is 9.37. The highest BCUT2D eigenvalue weighted by Gasteiger charge is 2.02. The van der Waals surface area contributed by atoms with Crippen molar-refractivity contribution in [2.24, 2.45) is 7.05 Å². The van der Waals surface area contributed by atoms with E-state index in [0.717, 1.165) is 16.9 Å². The SMILES string of the molecule is Cc1ccc(F)cc1NCc1ccnn1C. The molecule has 0 saturated carbocycles. The van der Waals surface area contributed by atoms with Gasteiger partial charge in [0.1, 0.15) is 5.82 Å². The highest BCUT2D eigenvalue weighted by atomic mass is 19.1. The molecule has 0 radical (unpaired) electrons. The van der Waals surface area contributed by atoms with Gasteiger partial charge < -0.3 is 5.32 Å². The third-order valence-electron chi connectivity index (χ3n) is 2.58. The molecule has 84 valence electrons.